The molecule has 0 aliphatic carbocycles. The predicted molar refractivity (Wildman–Crippen MR) is 73.5 cm³/mol. The van der Waals surface area contributed by atoms with Crippen LogP contribution >= 0.6 is 15.9 Å². The lowest BCUT2D eigenvalue weighted by atomic mass is 9.96. The van der Waals surface area contributed by atoms with E-state index in [4.69, 9.17) is 10.00 Å². The number of rotatable bonds is 5. The van der Waals surface area contributed by atoms with E-state index < -0.39 is 0 Å². The molecule has 0 bridgehead atoms. The zero-order chi connectivity index (χ0) is 13.5. The molecule has 18 heavy (non-hydrogen) atoms. The number of carbonyl (C=O) groups is 1. The van der Waals surface area contributed by atoms with Gasteiger partial charge in [-0.1, -0.05) is 28.9 Å². The first-order valence-electron chi connectivity index (χ1n) is 5.92. The maximum absolute atomic E-state index is 11.5. The van der Waals surface area contributed by atoms with Crippen LogP contribution in [0.3, 0.4) is 0 Å². The summed E-state index contributed by atoms with van der Waals surface area (Å²) >= 11 is 3.39. The fourth-order valence-corrected chi connectivity index (χ4v) is 2.32. The molecule has 0 aromatic heterocycles. The second-order valence-corrected chi connectivity index (χ2v) is 4.42. The van der Waals surface area contributed by atoms with E-state index in [-0.39, 0.29) is 12.4 Å². The molecule has 0 heterocycles. The van der Waals surface area contributed by atoms with Crippen molar-refractivity contribution >= 4 is 21.9 Å². The van der Waals surface area contributed by atoms with E-state index in [1.54, 1.807) is 6.92 Å². The zero-order valence-corrected chi connectivity index (χ0v) is 12.2. The van der Waals surface area contributed by atoms with Crippen molar-refractivity contribution < 1.29 is 9.53 Å². The predicted octanol–water partition coefficient (Wildman–Crippen LogP) is 3.12. The van der Waals surface area contributed by atoms with E-state index in [2.05, 4.69) is 22.0 Å². The summed E-state index contributed by atoms with van der Waals surface area (Å²) in [6.45, 7) is 4.18. The van der Waals surface area contributed by atoms with Crippen molar-refractivity contribution in [1.29, 1.82) is 5.26 Å². The standard InChI is InChI=1S/C14H16BrNO2/c1-3-10-5-11(7-14(17)18-4-2)12(8-15)6-13(10)9-16/h5-6H,3-4,7-8H2,1-2H3. The Balaban J connectivity index is 3.10. The Kier molecular flexibility index (Phi) is 5.87. The normalized spacial score (nSPS) is 9.89. The van der Waals surface area contributed by atoms with E-state index >= 15 is 0 Å². The summed E-state index contributed by atoms with van der Waals surface area (Å²) in [5, 5.41) is 9.69. The van der Waals surface area contributed by atoms with Crippen LogP contribution < -0.4 is 0 Å². The second-order valence-electron chi connectivity index (χ2n) is 3.86. The fourth-order valence-electron chi connectivity index (χ4n) is 1.79. The molecule has 0 saturated heterocycles. The molecule has 1 rings (SSSR count). The molecule has 0 N–H and O–H groups in total. The molecule has 0 saturated carbocycles. The van der Waals surface area contributed by atoms with Crippen molar-refractivity contribution in [1.82, 2.24) is 0 Å². The quantitative estimate of drug-likeness (QED) is 0.620. The number of nitriles is 1. The topological polar surface area (TPSA) is 50.1 Å². The maximum atomic E-state index is 11.5. The van der Waals surface area contributed by atoms with Crippen LogP contribution in [0.4, 0.5) is 0 Å². The third-order valence-electron chi connectivity index (χ3n) is 2.71. The third kappa shape index (κ3) is 3.58. The molecular weight excluding hydrogens is 294 g/mol. The first kappa shape index (κ1) is 14.7. The smallest absolute Gasteiger partial charge is 0.310 e. The van der Waals surface area contributed by atoms with Crippen LogP contribution in [-0.4, -0.2) is 12.6 Å². The number of carbonyl (C=O) groups excluding carboxylic acids is 1. The van der Waals surface area contributed by atoms with Gasteiger partial charge in [-0.05, 0) is 36.1 Å². The Morgan fingerprint density at radius 1 is 1.33 bits per heavy atom. The summed E-state index contributed by atoms with van der Waals surface area (Å²) in [7, 11) is 0. The molecular formula is C14H16BrNO2. The average Bonchev–Trinajstić information content (AvgIpc) is 2.38. The van der Waals surface area contributed by atoms with Gasteiger partial charge in [0.1, 0.15) is 0 Å². The number of esters is 1. The summed E-state index contributed by atoms with van der Waals surface area (Å²) in [5.74, 6) is -0.230. The monoisotopic (exact) mass is 309 g/mol. The van der Waals surface area contributed by atoms with E-state index in [0.717, 1.165) is 23.1 Å². The Morgan fingerprint density at radius 2 is 2.06 bits per heavy atom. The van der Waals surface area contributed by atoms with Gasteiger partial charge in [0.05, 0.1) is 24.7 Å². The Bertz CT molecular complexity index is 477. The molecule has 4 heteroatoms. The number of halogens is 1. The Hall–Kier alpha value is -1.34. The maximum Gasteiger partial charge on any atom is 0.310 e. The lowest BCUT2D eigenvalue weighted by Crippen LogP contribution is -2.10. The van der Waals surface area contributed by atoms with Crippen molar-refractivity contribution in [3.8, 4) is 6.07 Å². The third-order valence-corrected chi connectivity index (χ3v) is 3.31. The molecule has 1 aromatic rings. The van der Waals surface area contributed by atoms with Crippen LogP contribution in [0, 0.1) is 11.3 Å². The first-order valence-corrected chi connectivity index (χ1v) is 7.04. The zero-order valence-electron chi connectivity index (χ0n) is 10.6. The van der Waals surface area contributed by atoms with Crippen LogP contribution in [-0.2, 0) is 27.7 Å². The molecule has 96 valence electrons. The lowest BCUT2D eigenvalue weighted by molar-refractivity contribution is -0.142. The van der Waals surface area contributed by atoms with Crippen molar-refractivity contribution in [2.45, 2.75) is 32.0 Å². The Labute approximate surface area is 116 Å². The molecule has 0 radical (unpaired) electrons. The van der Waals surface area contributed by atoms with Crippen LogP contribution in [0.1, 0.15) is 36.1 Å². The fraction of sp³-hybridized carbons (Fsp3) is 0.429. The van der Waals surface area contributed by atoms with E-state index in [1.165, 1.54) is 0 Å². The highest BCUT2D eigenvalue weighted by Gasteiger charge is 2.12. The van der Waals surface area contributed by atoms with Gasteiger partial charge in [0.15, 0.2) is 0 Å². The lowest BCUT2D eigenvalue weighted by Gasteiger charge is -2.11. The van der Waals surface area contributed by atoms with Crippen molar-refractivity contribution in [2.24, 2.45) is 0 Å². The summed E-state index contributed by atoms with van der Waals surface area (Å²) < 4.78 is 4.96. The summed E-state index contributed by atoms with van der Waals surface area (Å²) in [6.07, 6.45) is 1.04. The number of benzene rings is 1. The van der Waals surface area contributed by atoms with Gasteiger partial charge in [0.25, 0.3) is 0 Å². The van der Waals surface area contributed by atoms with Gasteiger partial charge in [0, 0.05) is 5.33 Å². The average molecular weight is 310 g/mol. The minimum atomic E-state index is -0.230. The highest BCUT2D eigenvalue weighted by atomic mass is 79.9. The minimum absolute atomic E-state index is 0.230. The summed E-state index contributed by atoms with van der Waals surface area (Å²) in [6, 6.07) is 5.98. The number of aryl methyl sites for hydroxylation is 1. The van der Waals surface area contributed by atoms with Crippen LogP contribution in [0.5, 0.6) is 0 Å². The van der Waals surface area contributed by atoms with Gasteiger partial charge < -0.3 is 4.74 Å². The van der Waals surface area contributed by atoms with Gasteiger partial charge in [0.2, 0.25) is 0 Å². The van der Waals surface area contributed by atoms with E-state index in [0.29, 0.717) is 17.5 Å². The second kappa shape index (κ2) is 7.17. The van der Waals surface area contributed by atoms with Gasteiger partial charge in [-0.25, -0.2) is 0 Å². The van der Waals surface area contributed by atoms with Crippen molar-refractivity contribution in [3.63, 3.8) is 0 Å². The molecule has 1 aromatic carbocycles. The number of ether oxygens (including phenoxy) is 1. The number of nitrogens with zero attached hydrogens (tertiary/aromatic N) is 1. The molecule has 0 aliphatic heterocycles. The molecule has 0 aliphatic rings. The highest BCUT2D eigenvalue weighted by Crippen LogP contribution is 2.20. The molecule has 0 spiro atoms. The number of hydrogen-bond acceptors (Lipinski definition) is 3. The molecule has 0 atom stereocenters. The molecule has 3 nitrogen and oxygen atoms in total. The highest BCUT2D eigenvalue weighted by molar-refractivity contribution is 9.08. The first-order chi connectivity index (χ1) is 8.65. The molecule has 0 amide bonds. The largest absolute Gasteiger partial charge is 0.466 e. The molecule has 0 fully saturated rings. The van der Waals surface area contributed by atoms with E-state index in [1.807, 2.05) is 19.1 Å². The van der Waals surface area contributed by atoms with Crippen LogP contribution in [0.25, 0.3) is 0 Å². The Morgan fingerprint density at radius 3 is 2.56 bits per heavy atom. The number of alkyl halides is 1. The van der Waals surface area contributed by atoms with Gasteiger partial charge in [-0.2, -0.15) is 5.26 Å². The number of hydrogen-bond donors (Lipinski definition) is 0. The van der Waals surface area contributed by atoms with Gasteiger partial charge in [-0.15, -0.1) is 0 Å². The van der Waals surface area contributed by atoms with Crippen molar-refractivity contribution in [2.75, 3.05) is 6.61 Å². The summed E-state index contributed by atoms with van der Waals surface area (Å²) in [4.78, 5) is 11.5. The van der Waals surface area contributed by atoms with E-state index in [9.17, 15) is 4.79 Å². The van der Waals surface area contributed by atoms with Crippen molar-refractivity contribution in [3.05, 3.63) is 34.4 Å². The van der Waals surface area contributed by atoms with Crippen LogP contribution in [0.15, 0.2) is 12.1 Å². The summed E-state index contributed by atoms with van der Waals surface area (Å²) in [5.41, 5.74) is 3.55. The van der Waals surface area contributed by atoms with Crippen LogP contribution in [0.2, 0.25) is 0 Å². The minimum Gasteiger partial charge on any atom is -0.466 e. The van der Waals surface area contributed by atoms with Gasteiger partial charge in [-0.3, -0.25) is 4.79 Å². The SMILES string of the molecule is CCOC(=O)Cc1cc(CC)c(C#N)cc1CBr. The van der Waals surface area contributed by atoms with Gasteiger partial charge >= 0.3 is 5.97 Å². The molecule has 0 unspecified atom stereocenters.